The molecule has 2 heterocycles. The van der Waals surface area contributed by atoms with Crippen LogP contribution in [0.2, 0.25) is 0 Å². The quantitative estimate of drug-likeness (QED) is 0.589. The Labute approximate surface area is 170 Å². The van der Waals surface area contributed by atoms with Gasteiger partial charge >= 0.3 is 0 Å². The van der Waals surface area contributed by atoms with Crippen molar-refractivity contribution in [3.8, 4) is 11.9 Å². The molecular weight excluding hydrogens is 366 g/mol. The molecule has 1 N–H and O–H groups in total. The number of aromatic nitrogens is 3. The van der Waals surface area contributed by atoms with Crippen LogP contribution in [0.5, 0.6) is 5.88 Å². The maximum Gasteiger partial charge on any atom is 0.230 e. The summed E-state index contributed by atoms with van der Waals surface area (Å²) in [5.74, 6) is 0.523. The van der Waals surface area contributed by atoms with Crippen LogP contribution in [-0.2, 0) is 16.6 Å². The molecule has 2 aromatic heterocycles. The van der Waals surface area contributed by atoms with Crippen molar-refractivity contribution in [1.82, 2.24) is 15.0 Å². The lowest BCUT2D eigenvalue weighted by molar-refractivity contribution is -0.117. The number of ketones is 1. The molecule has 0 spiro atoms. The molecule has 7 heteroatoms. The second kappa shape index (κ2) is 8.39. The van der Waals surface area contributed by atoms with Gasteiger partial charge in [0.2, 0.25) is 11.8 Å². The molecule has 3 rings (SSSR count). The van der Waals surface area contributed by atoms with Gasteiger partial charge in [-0.2, -0.15) is 10.2 Å². The molecule has 0 radical (unpaired) electrons. The standard InChI is InChI=1S/C22H25N5O2/c1-14(2)18(28)15(13-23)12-22(3)9-5-6-17-19(22)26-21(27-20(17)29-4)25-16-7-10-24-11-8-16/h7-8,10-12,14H,5-6,9H2,1-4H3,(H,24,25,26,27)/b15-12-/t22-/m0/s1. The van der Waals surface area contributed by atoms with E-state index >= 15 is 0 Å². The lowest BCUT2D eigenvalue weighted by Crippen LogP contribution is -2.29. The van der Waals surface area contributed by atoms with Crippen molar-refractivity contribution in [2.24, 2.45) is 5.92 Å². The monoisotopic (exact) mass is 391 g/mol. The van der Waals surface area contributed by atoms with Gasteiger partial charge in [0.05, 0.1) is 18.4 Å². The van der Waals surface area contributed by atoms with Crippen molar-refractivity contribution in [2.75, 3.05) is 12.4 Å². The minimum absolute atomic E-state index is 0.156. The van der Waals surface area contributed by atoms with Crippen LogP contribution >= 0.6 is 0 Å². The third-order valence-corrected chi connectivity index (χ3v) is 5.14. The number of nitrogens with one attached hydrogen (secondary N) is 1. The van der Waals surface area contributed by atoms with Gasteiger partial charge in [0, 0.05) is 35.0 Å². The van der Waals surface area contributed by atoms with Gasteiger partial charge in [0.15, 0.2) is 5.78 Å². The van der Waals surface area contributed by atoms with Crippen molar-refractivity contribution in [3.63, 3.8) is 0 Å². The Morgan fingerprint density at radius 1 is 1.34 bits per heavy atom. The van der Waals surface area contributed by atoms with Crippen LogP contribution in [0.1, 0.15) is 44.9 Å². The predicted molar refractivity (Wildman–Crippen MR) is 110 cm³/mol. The molecule has 0 bridgehead atoms. The fourth-order valence-electron chi connectivity index (χ4n) is 3.63. The van der Waals surface area contributed by atoms with E-state index in [0.29, 0.717) is 11.8 Å². The Morgan fingerprint density at radius 3 is 2.69 bits per heavy atom. The lowest BCUT2D eigenvalue weighted by Gasteiger charge is -2.33. The topological polar surface area (TPSA) is 101 Å². The summed E-state index contributed by atoms with van der Waals surface area (Å²) in [6, 6.07) is 5.73. The van der Waals surface area contributed by atoms with Gasteiger partial charge in [-0.1, -0.05) is 26.8 Å². The Bertz CT molecular complexity index is 979. The number of methoxy groups -OCH3 is 1. The number of nitriles is 1. The second-order valence-electron chi connectivity index (χ2n) is 7.70. The largest absolute Gasteiger partial charge is 0.481 e. The summed E-state index contributed by atoms with van der Waals surface area (Å²) in [7, 11) is 1.59. The number of hydrogen-bond acceptors (Lipinski definition) is 7. The third-order valence-electron chi connectivity index (χ3n) is 5.14. The van der Waals surface area contributed by atoms with Crippen LogP contribution in [0.15, 0.2) is 36.2 Å². The van der Waals surface area contributed by atoms with E-state index in [-0.39, 0.29) is 17.3 Å². The highest BCUT2D eigenvalue weighted by Gasteiger charge is 2.36. The molecule has 1 atom stereocenters. The Balaban J connectivity index is 2.10. The van der Waals surface area contributed by atoms with E-state index < -0.39 is 5.41 Å². The lowest BCUT2D eigenvalue weighted by atomic mass is 9.73. The molecule has 0 aromatic carbocycles. The number of Topliss-reactive ketones (excluding diaryl/α,β-unsaturated/α-hetero) is 1. The highest BCUT2D eigenvalue weighted by molar-refractivity contribution is 6.00. The molecule has 0 saturated heterocycles. The highest BCUT2D eigenvalue weighted by Crippen LogP contribution is 2.41. The average Bonchev–Trinajstić information content (AvgIpc) is 2.72. The molecule has 1 aliphatic rings. The molecule has 1 aliphatic carbocycles. The SMILES string of the molecule is COc1nc(Nc2ccncc2)nc2c1CCC[C@@]2(C)/C=C(/C#N)C(=O)C(C)C. The van der Waals surface area contributed by atoms with Gasteiger partial charge in [-0.05, 0) is 31.4 Å². The molecular formula is C22H25N5O2. The van der Waals surface area contributed by atoms with E-state index in [1.165, 1.54) is 0 Å². The summed E-state index contributed by atoms with van der Waals surface area (Å²) in [6.45, 7) is 5.61. The summed E-state index contributed by atoms with van der Waals surface area (Å²) in [4.78, 5) is 25.8. The van der Waals surface area contributed by atoms with Crippen molar-refractivity contribution >= 4 is 17.4 Å². The van der Waals surface area contributed by atoms with Crippen LogP contribution in [0, 0.1) is 17.2 Å². The zero-order chi connectivity index (χ0) is 21.0. The molecule has 0 unspecified atom stereocenters. The molecule has 0 fully saturated rings. The zero-order valence-corrected chi connectivity index (χ0v) is 17.2. The first-order valence-electron chi connectivity index (χ1n) is 9.67. The van der Waals surface area contributed by atoms with Crippen molar-refractivity contribution in [3.05, 3.63) is 47.4 Å². The first-order valence-corrected chi connectivity index (χ1v) is 9.67. The summed E-state index contributed by atoms with van der Waals surface area (Å²) in [5, 5.41) is 12.8. The number of ether oxygens (including phenoxy) is 1. The molecule has 0 saturated carbocycles. The summed E-state index contributed by atoms with van der Waals surface area (Å²) < 4.78 is 5.55. The van der Waals surface area contributed by atoms with Gasteiger partial charge in [0.25, 0.3) is 0 Å². The fraction of sp³-hybridized carbons (Fsp3) is 0.409. The maximum absolute atomic E-state index is 12.5. The predicted octanol–water partition coefficient (Wildman–Crippen LogP) is 3.89. The maximum atomic E-state index is 12.5. The first-order chi connectivity index (χ1) is 13.9. The number of hydrogen-bond donors (Lipinski definition) is 1. The van der Waals surface area contributed by atoms with Crippen molar-refractivity contribution in [1.29, 1.82) is 5.26 Å². The highest BCUT2D eigenvalue weighted by atomic mass is 16.5. The fourth-order valence-corrected chi connectivity index (χ4v) is 3.63. The molecule has 2 aromatic rings. The van der Waals surface area contributed by atoms with Crippen LogP contribution in [0.4, 0.5) is 11.6 Å². The van der Waals surface area contributed by atoms with E-state index in [1.54, 1.807) is 39.4 Å². The van der Waals surface area contributed by atoms with E-state index in [9.17, 15) is 10.1 Å². The summed E-state index contributed by atoms with van der Waals surface area (Å²) in [5.41, 5.74) is 2.14. The molecule has 7 nitrogen and oxygen atoms in total. The van der Waals surface area contributed by atoms with Gasteiger partial charge in [-0.15, -0.1) is 0 Å². The molecule has 29 heavy (non-hydrogen) atoms. The van der Waals surface area contributed by atoms with Crippen LogP contribution < -0.4 is 10.1 Å². The van der Waals surface area contributed by atoms with Crippen LogP contribution in [0.3, 0.4) is 0 Å². The summed E-state index contributed by atoms with van der Waals surface area (Å²) in [6.07, 6.45) is 7.60. The number of carbonyl (C=O) groups is 1. The number of fused-ring (bicyclic) bond motifs is 1. The number of allylic oxidation sites excluding steroid dienone is 2. The van der Waals surface area contributed by atoms with E-state index in [2.05, 4.69) is 21.4 Å². The van der Waals surface area contributed by atoms with Crippen LogP contribution in [0.25, 0.3) is 0 Å². The second-order valence-corrected chi connectivity index (χ2v) is 7.70. The smallest absolute Gasteiger partial charge is 0.230 e. The minimum Gasteiger partial charge on any atom is -0.481 e. The Hall–Kier alpha value is -3.27. The summed E-state index contributed by atoms with van der Waals surface area (Å²) >= 11 is 0. The normalized spacial score (nSPS) is 18.7. The van der Waals surface area contributed by atoms with Gasteiger partial charge in [-0.25, -0.2) is 4.98 Å². The zero-order valence-electron chi connectivity index (χ0n) is 17.2. The van der Waals surface area contributed by atoms with E-state index in [0.717, 1.165) is 36.2 Å². The average molecular weight is 391 g/mol. The minimum atomic E-state index is -0.561. The van der Waals surface area contributed by atoms with Crippen molar-refractivity contribution < 1.29 is 9.53 Å². The van der Waals surface area contributed by atoms with Gasteiger partial charge in [-0.3, -0.25) is 9.78 Å². The number of pyridine rings is 1. The Morgan fingerprint density at radius 2 is 2.07 bits per heavy atom. The van der Waals surface area contributed by atoms with Crippen molar-refractivity contribution in [2.45, 2.75) is 45.4 Å². The first kappa shape index (κ1) is 20.5. The van der Waals surface area contributed by atoms with E-state index in [4.69, 9.17) is 9.72 Å². The van der Waals surface area contributed by atoms with Gasteiger partial charge < -0.3 is 10.1 Å². The van der Waals surface area contributed by atoms with E-state index in [1.807, 2.05) is 19.1 Å². The molecule has 0 amide bonds. The van der Waals surface area contributed by atoms with Crippen LogP contribution in [-0.4, -0.2) is 27.8 Å². The number of anilines is 2. The molecule has 150 valence electrons. The molecule has 0 aliphatic heterocycles. The van der Waals surface area contributed by atoms with Gasteiger partial charge in [0.1, 0.15) is 6.07 Å². The number of nitrogens with zero attached hydrogens (tertiary/aromatic N) is 4. The number of carbonyl (C=O) groups excluding carboxylic acids is 1. The number of rotatable bonds is 6. The Kier molecular flexibility index (Phi) is 5.92. The third kappa shape index (κ3) is 4.27.